The van der Waals surface area contributed by atoms with Crippen molar-refractivity contribution < 1.29 is 26.6 Å². The molecule has 0 aromatic heterocycles. The molecule has 0 bridgehead atoms. The smallest absolute Gasteiger partial charge is 0.373 e. The second kappa shape index (κ2) is 17.2. The van der Waals surface area contributed by atoms with Gasteiger partial charge < -0.3 is 26.6 Å². The molecule has 0 saturated heterocycles. The number of hydrogen-bond acceptors (Lipinski definition) is 10. The van der Waals surface area contributed by atoms with Crippen LogP contribution in [-0.4, -0.2) is 67.0 Å². The van der Waals surface area contributed by atoms with Crippen molar-refractivity contribution in [1.29, 1.82) is 0 Å². The molecule has 0 saturated carbocycles. The maximum Gasteiger partial charge on any atom is 0.515 e. The van der Waals surface area contributed by atoms with E-state index in [0.29, 0.717) is 39.6 Å². The van der Waals surface area contributed by atoms with Crippen molar-refractivity contribution in [3.63, 3.8) is 0 Å². The van der Waals surface area contributed by atoms with Crippen molar-refractivity contribution in [3.05, 3.63) is 0 Å². The van der Waals surface area contributed by atoms with Crippen LogP contribution in [0, 0.1) is 0 Å². The Labute approximate surface area is 189 Å². The molecule has 0 spiro atoms. The van der Waals surface area contributed by atoms with Crippen molar-refractivity contribution >= 4 is 58.8 Å². The standard InChI is InChI=1S/C16H38O6S4Si2/c1-9-17-27(18-10-2,19-11-3)15(7)23-25-26-24-16(8)28(20-12-4,21-13-5)22-14-6/h15-16H,9-14H2,1-8H3. The lowest BCUT2D eigenvalue weighted by Crippen LogP contribution is -2.54. The van der Waals surface area contributed by atoms with Gasteiger partial charge in [-0.1, -0.05) is 21.6 Å². The van der Waals surface area contributed by atoms with Gasteiger partial charge in [0.2, 0.25) is 0 Å². The van der Waals surface area contributed by atoms with Gasteiger partial charge >= 0.3 is 17.6 Å². The zero-order valence-corrected chi connectivity index (χ0v) is 23.7. The molecule has 0 aromatic carbocycles. The molecule has 0 fully saturated rings. The van der Waals surface area contributed by atoms with Gasteiger partial charge in [-0.15, -0.1) is 0 Å². The highest BCUT2D eigenvalue weighted by molar-refractivity contribution is 9.26. The molecular formula is C16H38O6S4Si2. The molecule has 2 atom stereocenters. The lowest BCUT2D eigenvalue weighted by atomic mass is 10.9. The molecule has 0 aromatic rings. The summed E-state index contributed by atoms with van der Waals surface area (Å²) in [5, 5.41) is 0. The maximum atomic E-state index is 5.99. The summed E-state index contributed by atoms with van der Waals surface area (Å²) in [4.78, 5) is 0.266. The maximum absolute atomic E-state index is 5.99. The van der Waals surface area contributed by atoms with Crippen molar-refractivity contribution in [2.24, 2.45) is 0 Å². The van der Waals surface area contributed by atoms with E-state index in [4.69, 9.17) is 26.6 Å². The number of rotatable bonds is 19. The highest BCUT2D eigenvalue weighted by Crippen LogP contribution is 2.49. The van der Waals surface area contributed by atoms with E-state index in [1.54, 1.807) is 41.2 Å². The van der Waals surface area contributed by atoms with Gasteiger partial charge in [0.1, 0.15) is 0 Å². The average molecular weight is 511 g/mol. The van der Waals surface area contributed by atoms with Gasteiger partial charge in [0, 0.05) is 39.6 Å². The first-order chi connectivity index (χ1) is 13.4. The van der Waals surface area contributed by atoms with Gasteiger partial charge in [-0.3, -0.25) is 0 Å². The summed E-state index contributed by atoms with van der Waals surface area (Å²) < 4.78 is 35.9. The third-order valence-electron chi connectivity index (χ3n) is 3.46. The van der Waals surface area contributed by atoms with Crippen LogP contribution in [0.3, 0.4) is 0 Å². The predicted molar refractivity (Wildman–Crippen MR) is 131 cm³/mol. The second-order valence-electron chi connectivity index (χ2n) is 5.42. The third kappa shape index (κ3) is 9.81. The molecule has 6 nitrogen and oxygen atoms in total. The van der Waals surface area contributed by atoms with Crippen molar-refractivity contribution in [1.82, 2.24) is 0 Å². The molecule has 0 heterocycles. The van der Waals surface area contributed by atoms with E-state index in [1.165, 1.54) is 0 Å². The van der Waals surface area contributed by atoms with E-state index in [1.807, 2.05) is 41.5 Å². The fourth-order valence-corrected chi connectivity index (χ4v) is 18.8. The summed E-state index contributed by atoms with van der Waals surface area (Å²) in [5.41, 5.74) is 0. The van der Waals surface area contributed by atoms with Crippen LogP contribution >= 0.6 is 41.2 Å². The minimum Gasteiger partial charge on any atom is -0.373 e. The Hall–Kier alpha value is 1.59. The summed E-state index contributed by atoms with van der Waals surface area (Å²) in [5.74, 6) is 0. The molecule has 0 aliphatic carbocycles. The van der Waals surface area contributed by atoms with E-state index in [2.05, 4.69) is 13.8 Å². The van der Waals surface area contributed by atoms with Crippen LogP contribution in [0.25, 0.3) is 0 Å². The zero-order valence-electron chi connectivity index (χ0n) is 18.5. The molecule has 0 radical (unpaired) electrons. The summed E-state index contributed by atoms with van der Waals surface area (Å²) in [6.45, 7) is 19.7. The van der Waals surface area contributed by atoms with E-state index in [0.717, 1.165) is 0 Å². The Morgan fingerprint density at radius 1 is 0.500 bits per heavy atom. The second-order valence-corrected chi connectivity index (χ2v) is 18.6. The van der Waals surface area contributed by atoms with Gasteiger partial charge in [0.25, 0.3) is 0 Å². The van der Waals surface area contributed by atoms with Crippen LogP contribution in [0.4, 0.5) is 0 Å². The Bertz CT molecular complexity index is 319. The minimum absolute atomic E-state index is 0.133. The molecular weight excluding hydrogens is 473 g/mol. The van der Waals surface area contributed by atoms with Crippen LogP contribution in [0.15, 0.2) is 0 Å². The summed E-state index contributed by atoms with van der Waals surface area (Å²) in [7, 11) is 1.50. The Morgan fingerprint density at radius 3 is 0.893 bits per heavy atom. The molecule has 170 valence electrons. The van der Waals surface area contributed by atoms with Crippen LogP contribution in [0.5, 0.6) is 0 Å². The van der Waals surface area contributed by atoms with E-state index in [9.17, 15) is 0 Å². The molecule has 28 heavy (non-hydrogen) atoms. The SMILES string of the molecule is CCO[Si](OCC)(OCC)C(C)SSSSC(C)[Si](OCC)(OCC)OCC. The van der Waals surface area contributed by atoms with E-state index >= 15 is 0 Å². The lowest BCUT2D eigenvalue weighted by Gasteiger charge is -2.33. The fraction of sp³-hybridized carbons (Fsp3) is 1.00. The van der Waals surface area contributed by atoms with Crippen molar-refractivity contribution in [3.8, 4) is 0 Å². The summed E-state index contributed by atoms with van der Waals surface area (Å²) >= 11 is 0. The monoisotopic (exact) mass is 510 g/mol. The van der Waals surface area contributed by atoms with Gasteiger partial charge in [0.05, 0.1) is 9.75 Å². The quantitative estimate of drug-likeness (QED) is 0.124. The summed E-state index contributed by atoms with van der Waals surface area (Å²) in [6, 6.07) is 0. The Kier molecular flexibility index (Phi) is 18.2. The first-order valence-corrected chi connectivity index (χ1v) is 18.4. The van der Waals surface area contributed by atoms with Crippen molar-refractivity contribution in [2.45, 2.75) is 65.1 Å². The largest absolute Gasteiger partial charge is 0.515 e. The molecule has 12 heteroatoms. The number of hydrogen-bond donors (Lipinski definition) is 0. The highest BCUT2D eigenvalue weighted by atomic mass is 33.7. The van der Waals surface area contributed by atoms with E-state index in [-0.39, 0.29) is 9.75 Å². The van der Waals surface area contributed by atoms with Crippen LogP contribution in [0.1, 0.15) is 55.4 Å². The first-order valence-electron chi connectivity index (χ1n) is 9.90. The first kappa shape index (κ1) is 29.6. The lowest BCUT2D eigenvalue weighted by molar-refractivity contribution is 0.0701. The van der Waals surface area contributed by atoms with Crippen LogP contribution < -0.4 is 0 Å². The highest BCUT2D eigenvalue weighted by Gasteiger charge is 2.49. The average Bonchev–Trinajstić information content (AvgIpc) is 2.65. The molecule has 0 rings (SSSR count). The molecule has 0 aliphatic rings. The fourth-order valence-electron chi connectivity index (χ4n) is 2.43. The van der Waals surface area contributed by atoms with Crippen LogP contribution in [0.2, 0.25) is 0 Å². The Morgan fingerprint density at radius 2 is 0.714 bits per heavy atom. The molecule has 0 N–H and O–H groups in total. The topological polar surface area (TPSA) is 55.4 Å². The third-order valence-corrected chi connectivity index (χ3v) is 19.6. The summed E-state index contributed by atoms with van der Waals surface area (Å²) in [6.07, 6.45) is 0. The van der Waals surface area contributed by atoms with Gasteiger partial charge in [-0.2, -0.15) is 0 Å². The predicted octanol–water partition coefficient (Wildman–Crippen LogP) is 5.62. The van der Waals surface area contributed by atoms with E-state index < -0.39 is 17.6 Å². The molecule has 2 unspecified atom stereocenters. The Balaban J connectivity index is 4.78. The van der Waals surface area contributed by atoms with Crippen LogP contribution in [-0.2, 0) is 26.6 Å². The molecule has 0 amide bonds. The van der Waals surface area contributed by atoms with Gasteiger partial charge in [-0.05, 0) is 75.0 Å². The molecule has 0 aliphatic heterocycles. The van der Waals surface area contributed by atoms with Crippen molar-refractivity contribution in [2.75, 3.05) is 39.6 Å². The zero-order chi connectivity index (χ0) is 21.5. The van der Waals surface area contributed by atoms with Gasteiger partial charge in [-0.25, -0.2) is 0 Å². The van der Waals surface area contributed by atoms with Gasteiger partial charge in [0.15, 0.2) is 0 Å². The normalized spacial score (nSPS) is 15.0. The minimum atomic E-state index is -2.70.